The molecular formula is C8H8N2O4. The van der Waals surface area contributed by atoms with Gasteiger partial charge in [-0.05, 0) is 12.1 Å². The fourth-order valence-corrected chi connectivity index (χ4v) is 0.897. The van der Waals surface area contributed by atoms with Crippen molar-refractivity contribution < 1.29 is 14.8 Å². The minimum Gasteiger partial charge on any atom is -0.475 e. The Morgan fingerprint density at radius 3 is 2.43 bits per heavy atom. The number of nitrogens with one attached hydrogen (secondary N) is 1. The number of hydrogen-bond acceptors (Lipinski definition) is 4. The molecule has 0 radical (unpaired) electrons. The SMILES string of the molecule is O=C(O)C(Nc1ccccc1)[N+](=O)[O-]. The predicted octanol–water partition coefficient (Wildman–Crippen LogP) is 0.786. The molecule has 6 nitrogen and oxygen atoms in total. The fourth-order valence-electron chi connectivity index (χ4n) is 0.897. The summed E-state index contributed by atoms with van der Waals surface area (Å²) in [5, 5.41) is 21.1. The maximum absolute atomic E-state index is 10.4. The first-order chi connectivity index (χ1) is 6.61. The van der Waals surface area contributed by atoms with Gasteiger partial charge >= 0.3 is 12.1 Å². The molecule has 0 saturated carbocycles. The minimum absolute atomic E-state index is 0.400. The molecule has 0 aliphatic heterocycles. The summed E-state index contributed by atoms with van der Waals surface area (Å²) in [6.45, 7) is 0. The molecular weight excluding hydrogens is 188 g/mol. The van der Waals surface area contributed by atoms with Crippen LogP contribution in [0.25, 0.3) is 0 Å². The summed E-state index contributed by atoms with van der Waals surface area (Å²) in [5.74, 6) is -1.51. The van der Waals surface area contributed by atoms with Gasteiger partial charge in [-0.3, -0.25) is 10.1 Å². The van der Waals surface area contributed by atoms with Gasteiger partial charge in [-0.25, -0.2) is 4.79 Å². The molecule has 0 fully saturated rings. The predicted molar refractivity (Wildman–Crippen MR) is 48.5 cm³/mol. The largest absolute Gasteiger partial charge is 0.475 e. The lowest BCUT2D eigenvalue weighted by Gasteiger charge is -2.07. The van der Waals surface area contributed by atoms with Gasteiger partial charge in [0.2, 0.25) is 0 Å². The van der Waals surface area contributed by atoms with Crippen LogP contribution in [0, 0.1) is 10.1 Å². The summed E-state index contributed by atoms with van der Waals surface area (Å²) < 4.78 is 0. The molecule has 14 heavy (non-hydrogen) atoms. The minimum atomic E-state index is -1.81. The van der Waals surface area contributed by atoms with E-state index in [0.717, 1.165) is 0 Å². The van der Waals surface area contributed by atoms with Crippen LogP contribution in [-0.2, 0) is 4.79 Å². The van der Waals surface area contributed by atoms with Crippen molar-refractivity contribution in [2.24, 2.45) is 0 Å². The summed E-state index contributed by atoms with van der Waals surface area (Å²) in [4.78, 5) is 19.9. The number of nitro groups is 1. The van der Waals surface area contributed by atoms with Crippen molar-refractivity contribution in [1.29, 1.82) is 0 Å². The normalized spacial score (nSPS) is 11.7. The Bertz CT molecular complexity index is 324. The maximum Gasteiger partial charge on any atom is 0.401 e. The topological polar surface area (TPSA) is 92.5 Å². The van der Waals surface area contributed by atoms with E-state index in [9.17, 15) is 14.9 Å². The van der Waals surface area contributed by atoms with Crippen LogP contribution in [0.4, 0.5) is 5.69 Å². The van der Waals surface area contributed by atoms with Gasteiger partial charge in [0.05, 0.1) is 4.92 Å². The first-order valence-corrected chi connectivity index (χ1v) is 3.79. The van der Waals surface area contributed by atoms with Gasteiger partial charge in [-0.1, -0.05) is 18.2 Å². The first kappa shape index (κ1) is 9.97. The average molecular weight is 196 g/mol. The van der Waals surface area contributed by atoms with Crippen molar-refractivity contribution in [3.8, 4) is 0 Å². The van der Waals surface area contributed by atoms with E-state index in [4.69, 9.17) is 5.11 Å². The zero-order chi connectivity index (χ0) is 10.6. The Labute approximate surface area is 79.3 Å². The van der Waals surface area contributed by atoms with E-state index < -0.39 is 17.1 Å². The molecule has 0 saturated heterocycles. The highest BCUT2D eigenvalue weighted by Gasteiger charge is 2.28. The summed E-state index contributed by atoms with van der Waals surface area (Å²) >= 11 is 0. The van der Waals surface area contributed by atoms with Crippen LogP contribution in [0.1, 0.15) is 0 Å². The molecule has 1 atom stereocenters. The zero-order valence-electron chi connectivity index (χ0n) is 7.08. The number of carboxylic acids is 1. The van der Waals surface area contributed by atoms with Gasteiger partial charge in [-0.2, -0.15) is 0 Å². The zero-order valence-corrected chi connectivity index (χ0v) is 7.08. The Balaban J connectivity index is 2.75. The summed E-state index contributed by atoms with van der Waals surface area (Å²) in [5.41, 5.74) is 0.400. The molecule has 0 spiro atoms. The van der Waals surface area contributed by atoms with Gasteiger partial charge in [-0.15, -0.1) is 0 Å². The Kier molecular flexibility index (Phi) is 3.01. The number of carboxylic acid groups (broad SMARTS) is 1. The number of hydrogen-bond donors (Lipinski definition) is 2. The standard InChI is InChI=1S/C8H8N2O4/c11-8(12)7(10(13)14)9-6-4-2-1-3-5-6/h1-5,7,9H,(H,11,12). The molecule has 1 unspecified atom stereocenters. The van der Waals surface area contributed by atoms with Crippen LogP contribution >= 0.6 is 0 Å². The van der Waals surface area contributed by atoms with Crippen LogP contribution in [0.15, 0.2) is 30.3 Å². The highest BCUT2D eigenvalue weighted by molar-refractivity contribution is 5.75. The van der Waals surface area contributed by atoms with Crippen molar-refractivity contribution in [3.05, 3.63) is 40.4 Å². The van der Waals surface area contributed by atoms with Crippen LogP contribution in [0.2, 0.25) is 0 Å². The van der Waals surface area contributed by atoms with Crippen LogP contribution < -0.4 is 5.32 Å². The molecule has 0 bridgehead atoms. The molecule has 1 rings (SSSR count). The molecule has 1 aromatic carbocycles. The number of anilines is 1. The number of rotatable bonds is 4. The van der Waals surface area contributed by atoms with E-state index in [1.165, 1.54) is 0 Å². The third-order valence-electron chi connectivity index (χ3n) is 1.52. The molecule has 2 N–H and O–H groups in total. The van der Waals surface area contributed by atoms with Crippen LogP contribution in [0.3, 0.4) is 0 Å². The van der Waals surface area contributed by atoms with Crippen molar-refractivity contribution in [2.45, 2.75) is 6.17 Å². The lowest BCUT2D eigenvalue weighted by molar-refractivity contribution is -0.502. The molecule has 6 heteroatoms. The highest BCUT2D eigenvalue weighted by atomic mass is 16.6. The summed E-state index contributed by atoms with van der Waals surface area (Å²) in [6.07, 6.45) is -1.81. The molecule has 0 aliphatic carbocycles. The van der Waals surface area contributed by atoms with E-state index in [-0.39, 0.29) is 0 Å². The summed E-state index contributed by atoms with van der Waals surface area (Å²) in [6, 6.07) is 8.15. The quantitative estimate of drug-likeness (QED) is 0.421. The van der Waals surface area contributed by atoms with Crippen molar-refractivity contribution >= 4 is 11.7 Å². The smallest absolute Gasteiger partial charge is 0.401 e. The van der Waals surface area contributed by atoms with Gasteiger partial charge < -0.3 is 10.4 Å². The second-order valence-corrected chi connectivity index (χ2v) is 2.54. The third-order valence-corrected chi connectivity index (χ3v) is 1.52. The Morgan fingerprint density at radius 1 is 1.43 bits per heavy atom. The van der Waals surface area contributed by atoms with Gasteiger partial charge in [0, 0.05) is 5.69 Å². The van der Waals surface area contributed by atoms with Crippen LogP contribution in [0.5, 0.6) is 0 Å². The van der Waals surface area contributed by atoms with Crippen LogP contribution in [-0.4, -0.2) is 22.2 Å². The average Bonchev–Trinajstić information content (AvgIpc) is 2.15. The van der Waals surface area contributed by atoms with Gasteiger partial charge in [0.1, 0.15) is 0 Å². The third kappa shape index (κ3) is 2.44. The number of carbonyl (C=O) groups is 1. The second-order valence-electron chi connectivity index (χ2n) is 2.54. The number of nitrogens with zero attached hydrogens (tertiary/aromatic N) is 1. The van der Waals surface area contributed by atoms with Crippen molar-refractivity contribution in [2.75, 3.05) is 5.32 Å². The molecule has 0 heterocycles. The van der Waals surface area contributed by atoms with Crippen molar-refractivity contribution in [1.82, 2.24) is 0 Å². The number of aliphatic carboxylic acids is 1. The highest BCUT2D eigenvalue weighted by Crippen LogP contribution is 2.07. The number of benzene rings is 1. The van der Waals surface area contributed by atoms with Gasteiger partial charge in [0.25, 0.3) is 0 Å². The molecule has 0 aliphatic rings. The molecule has 74 valence electrons. The van der Waals surface area contributed by atoms with E-state index in [1.54, 1.807) is 30.3 Å². The molecule has 0 amide bonds. The lowest BCUT2D eigenvalue weighted by atomic mass is 10.3. The van der Waals surface area contributed by atoms with E-state index >= 15 is 0 Å². The fraction of sp³-hybridized carbons (Fsp3) is 0.125. The van der Waals surface area contributed by atoms with E-state index in [0.29, 0.717) is 5.69 Å². The van der Waals surface area contributed by atoms with Crippen molar-refractivity contribution in [3.63, 3.8) is 0 Å². The Morgan fingerprint density at radius 2 is 2.00 bits per heavy atom. The first-order valence-electron chi connectivity index (χ1n) is 3.79. The maximum atomic E-state index is 10.4. The second kappa shape index (κ2) is 4.22. The van der Waals surface area contributed by atoms with Gasteiger partial charge in [0.15, 0.2) is 0 Å². The van der Waals surface area contributed by atoms with E-state index in [2.05, 4.69) is 5.32 Å². The Hall–Kier alpha value is -2.11. The number of para-hydroxylation sites is 1. The lowest BCUT2D eigenvalue weighted by Crippen LogP contribution is -2.36. The molecule has 0 aromatic heterocycles. The molecule has 1 aromatic rings. The monoisotopic (exact) mass is 196 g/mol. The van der Waals surface area contributed by atoms with E-state index in [1.807, 2.05) is 0 Å². The summed E-state index contributed by atoms with van der Waals surface area (Å²) in [7, 11) is 0.